The number of carbonyl (C=O) groups excluding carboxylic acids is 10. The van der Waals surface area contributed by atoms with Crippen LogP contribution in [0, 0.1) is 35.5 Å². The zero-order chi connectivity index (χ0) is 75.5. The molecule has 101 heavy (non-hydrogen) atoms. The number of Topliss-reactive ketones (excluding diaryl/α,β-unsaturated/α-hetero) is 1. The van der Waals surface area contributed by atoms with Gasteiger partial charge in [0.05, 0.1) is 102 Å². The van der Waals surface area contributed by atoms with Crippen LogP contribution in [0.4, 0.5) is 15.3 Å². The summed E-state index contributed by atoms with van der Waals surface area (Å²) in [7, 11) is 6.09. The highest BCUT2D eigenvalue weighted by molar-refractivity contribution is 5.98. The Hall–Kier alpha value is -7.34. The molecule has 28 heteroatoms. The molecule has 2 aromatic carbocycles. The molecule has 1 unspecified atom stereocenters. The van der Waals surface area contributed by atoms with Crippen molar-refractivity contribution in [2.45, 2.75) is 202 Å². The lowest BCUT2D eigenvalue weighted by Gasteiger charge is -2.41. The summed E-state index contributed by atoms with van der Waals surface area (Å²) >= 11 is 0. The van der Waals surface area contributed by atoms with Gasteiger partial charge in [0.1, 0.15) is 36.6 Å². The van der Waals surface area contributed by atoms with Gasteiger partial charge in [-0.15, -0.1) is 0 Å². The fraction of sp³-hybridized carbons (Fsp3) is 0.699. The normalized spacial score (nSPS) is 16.4. The number of carbonyl (C=O) groups is 10. The van der Waals surface area contributed by atoms with Crippen molar-refractivity contribution in [3.63, 3.8) is 0 Å². The maximum absolute atomic E-state index is 14.8. The molecule has 0 spiro atoms. The fourth-order valence-corrected chi connectivity index (χ4v) is 12.1. The minimum atomic E-state index is -1.12. The second-order valence-corrected chi connectivity index (χ2v) is 27.4. The summed E-state index contributed by atoms with van der Waals surface area (Å²) in [6, 6.07) is 8.75. The number of nitrogens with zero attached hydrogens (tertiary/aromatic N) is 3. The summed E-state index contributed by atoms with van der Waals surface area (Å²) in [4.78, 5) is 140. The molecule has 1 aliphatic rings. The number of nitrogens with two attached hydrogens (primary N) is 1. The monoisotopic (exact) mass is 1420 g/mol. The number of hydrogen-bond donors (Lipinski definition) is 8. The van der Waals surface area contributed by atoms with Crippen molar-refractivity contribution in [3.8, 4) is 0 Å². The van der Waals surface area contributed by atoms with Crippen LogP contribution in [-0.4, -0.2) is 228 Å². The van der Waals surface area contributed by atoms with Gasteiger partial charge in [-0.3, -0.25) is 43.3 Å². The number of methoxy groups -OCH3 is 2. The van der Waals surface area contributed by atoms with Crippen molar-refractivity contribution in [3.05, 3.63) is 65.7 Å². The fourth-order valence-electron chi connectivity index (χ4n) is 12.1. The summed E-state index contributed by atoms with van der Waals surface area (Å²) in [6.45, 7) is 24.4. The second kappa shape index (κ2) is 46.3. The highest BCUT2D eigenvalue weighted by atomic mass is 16.6. The van der Waals surface area contributed by atoms with Gasteiger partial charge in [0.2, 0.25) is 41.4 Å². The molecule has 1 saturated heterocycles. The minimum absolute atomic E-state index is 0.0165. The molecule has 9 N–H and O–H groups in total. The molecule has 1 fully saturated rings. The molecule has 2 aromatic rings. The third-order valence-electron chi connectivity index (χ3n) is 18.3. The largest absolute Gasteiger partial charge is 0.445 e. The molecule has 3 rings (SSSR count). The highest BCUT2D eigenvalue weighted by Crippen LogP contribution is 2.31. The number of benzene rings is 2. The lowest BCUT2D eigenvalue weighted by molar-refractivity contribution is -0.148. The smallest absolute Gasteiger partial charge is 0.410 e. The first kappa shape index (κ1) is 87.9. The molecule has 0 aliphatic carbocycles. The number of ether oxygens (including phenoxy) is 7. The van der Waals surface area contributed by atoms with E-state index in [-0.39, 0.29) is 94.0 Å². The van der Waals surface area contributed by atoms with Crippen molar-refractivity contribution in [1.82, 2.24) is 41.3 Å². The topological polar surface area (TPSA) is 363 Å². The van der Waals surface area contributed by atoms with E-state index in [1.54, 1.807) is 109 Å². The Bertz CT molecular complexity index is 2870. The van der Waals surface area contributed by atoms with Crippen LogP contribution in [0.5, 0.6) is 0 Å². The van der Waals surface area contributed by atoms with Crippen molar-refractivity contribution in [2.24, 2.45) is 41.2 Å². The zero-order valence-corrected chi connectivity index (χ0v) is 62.7. The Labute approximate surface area is 598 Å². The Morgan fingerprint density at radius 2 is 1.24 bits per heavy atom. The average Bonchev–Trinajstić information content (AvgIpc) is 1.75. The van der Waals surface area contributed by atoms with E-state index in [0.717, 1.165) is 0 Å². The average molecular weight is 1430 g/mol. The Kier molecular flexibility index (Phi) is 40.3. The number of likely N-dealkylation sites (N-methyl/N-ethyl adjacent to an activating group) is 2. The lowest BCUT2D eigenvalue weighted by atomic mass is 9.89. The van der Waals surface area contributed by atoms with Gasteiger partial charge >= 0.3 is 12.1 Å². The SMILES string of the molecule is CC[C@@H](C)[C@H]([C@H](CC(=O)N1CCC[C@@H]1[C@@H](OC)[C@H](C)C(=O)N[C@@H](C)[C@H](O)c1ccccc1)OC)N(C)C(=O)C(NC(=O)[C@@H](C(C)C)N(C)C(=O)OCc1ccc(NC(=O)[C@H](CCCNC(N)=O)NC(=O)[C@@H](NC(=O)CCOCCOCCOCCOCCC(=O)C(C)C)C(C)C)cc1)C(C)C. The second-order valence-electron chi connectivity index (χ2n) is 27.4. The predicted octanol–water partition coefficient (Wildman–Crippen LogP) is 5.66. The standard InChI is InChI=1S/C73H120N10O18/c1-17-49(10)64(58(95-15)43-60(86)83-34-22-26-56(83)66(96-16)50(11)67(88)76-51(12)65(87)53-23-19-18-20-24-53)81(13)71(92)62(47(6)7)80-70(91)63(48(8)9)82(14)73(94)101-44-52-27-29-54(30-28-52)77-68(89)55(25-21-33-75-72(74)93)78-69(90)61(46(4)5)79-59(85)32-36-98-38-40-100-42-41-99-39-37-97-35-31-57(84)45(2)3/h18-20,23-24,27-30,45-51,55-56,58,61-66,87H,17,21-22,25-26,31-44H2,1-16H3,(H,76,88)(H,77,89)(H,78,90)(H,79,85)(H,80,91)(H3,74,75,93)/t49-,50+,51+,55+,56-,58+,61+,62?,63-,64-,65+,66+/m1/s1. The number of hydrogen-bond acceptors (Lipinski definition) is 18. The van der Waals surface area contributed by atoms with Gasteiger partial charge < -0.3 is 85.7 Å². The lowest BCUT2D eigenvalue weighted by Crippen LogP contribution is -2.60. The summed E-state index contributed by atoms with van der Waals surface area (Å²) in [5.74, 6) is -5.20. The maximum Gasteiger partial charge on any atom is 0.410 e. The minimum Gasteiger partial charge on any atom is -0.445 e. The number of ketones is 1. The Balaban J connectivity index is 1.61. The third kappa shape index (κ3) is 29.9. The summed E-state index contributed by atoms with van der Waals surface area (Å²) in [5, 5.41) is 27.6. The van der Waals surface area contributed by atoms with Crippen LogP contribution in [0.2, 0.25) is 0 Å². The number of nitrogens with one attached hydrogen (secondary N) is 6. The van der Waals surface area contributed by atoms with E-state index in [9.17, 15) is 53.1 Å². The van der Waals surface area contributed by atoms with Gasteiger partial charge in [-0.2, -0.15) is 0 Å². The van der Waals surface area contributed by atoms with Crippen LogP contribution < -0.4 is 37.6 Å². The Morgan fingerprint density at radius 3 is 1.77 bits per heavy atom. The van der Waals surface area contributed by atoms with Gasteiger partial charge in [0.25, 0.3) is 0 Å². The van der Waals surface area contributed by atoms with Gasteiger partial charge in [-0.25, -0.2) is 9.59 Å². The van der Waals surface area contributed by atoms with E-state index in [1.807, 2.05) is 45.9 Å². The van der Waals surface area contributed by atoms with Crippen molar-refractivity contribution in [2.75, 3.05) is 99.6 Å². The number of urea groups is 1. The molecule has 0 bridgehead atoms. The van der Waals surface area contributed by atoms with Gasteiger partial charge in [0.15, 0.2) is 0 Å². The summed E-state index contributed by atoms with van der Waals surface area (Å²) in [5.41, 5.74) is 6.79. The van der Waals surface area contributed by atoms with Crippen LogP contribution in [0.3, 0.4) is 0 Å². The Morgan fingerprint density at radius 1 is 0.653 bits per heavy atom. The van der Waals surface area contributed by atoms with Crippen LogP contribution in [0.25, 0.3) is 0 Å². The molecular weight excluding hydrogens is 1300 g/mol. The molecule has 1 heterocycles. The van der Waals surface area contributed by atoms with Gasteiger partial charge in [-0.05, 0) is 79.5 Å². The molecule has 0 saturated carbocycles. The number of anilines is 1. The first-order valence-electron chi connectivity index (χ1n) is 35.6. The van der Waals surface area contributed by atoms with Gasteiger partial charge in [-0.1, -0.05) is 125 Å². The number of amides is 10. The van der Waals surface area contributed by atoms with Crippen molar-refractivity contribution in [1.29, 1.82) is 0 Å². The first-order valence-corrected chi connectivity index (χ1v) is 35.6. The number of likely N-dealkylation sites (tertiary alicyclic amines) is 1. The summed E-state index contributed by atoms with van der Waals surface area (Å²) in [6.07, 6.45) is -0.748. The van der Waals surface area contributed by atoms with E-state index in [1.165, 1.54) is 26.2 Å². The van der Waals surface area contributed by atoms with Crippen LogP contribution in [0.15, 0.2) is 54.6 Å². The van der Waals surface area contributed by atoms with E-state index in [2.05, 4.69) is 31.9 Å². The van der Waals surface area contributed by atoms with E-state index in [0.29, 0.717) is 82.1 Å². The predicted molar refractivity (Wildman–Crippen MR) is 381 cm³/mol. The summed E-state index contributed by atoms with van der Waals surface area (Å²) < 4.78 is 39.7. The highest BCUT2D eigenvalue weighted by Gasteiger charge is 2.44. The molecule has 0 radical (unpaired) electrons. The zero-order valence-electron chi connectivity index (χ0n) is 62.7. The molecule has 10 amide bonds. The van der Waals surface area contributed by atoms with E-state index in [4.69, 9.17) is 38.9 Å². The quantitative estimate of drug-likeness (QED) is 0.0370. The number of aliphatic hydroxyl groups excluding tert-OH is 1. The third-order valence-corrected chi connectivity index (χ3v) is 18.3. The first-order chi connectivity index (χ1) is 47.9. The van der Waals surface area contributed by atoms with E-state index < -0.39 is 120 Å². The number of aliphatic hydroxyl groups is 1. The van der Waals surface area contributed by atoms with Crippen LogP contribution in [-0.2, 0) is 78.1 Å². The number of primary amides is 1. The molecular formula is C73H120N10O18. The van der Waals surface area contributed by atoms with Crippen molar-refractivity contribution < 1.29 is 86.2 Å². The van der Waals surface area contributed by atoms with Crippen LogP contribution >= 0.6 is 0 Å². The maximum atomic E-state index is 14.8. The molecule has 12 atom stereocenters. The molecule has 28 nitrogen and oxygen atoms in total. The molecule has 570 valence electrons. The molecule has 0 aromatic heterocycles. The number of rotatable bonds is 48. The van der Waals surface area contributed by atoms with E-state index >= 15 is 0 Å². The van der Waals surface area contributed by atoms with Crippen molar-refractivity contribution >= 4 is 64.9 Å². The van der Waals surface area contributed by atoms with Crippen LogP contribution in [0.1, 0.15) is 152 Å². The van der Waals surface area contributed by atoms with Gasteiger partial charge in [0, 0.05) is 65.9 Å². The molecule has 1 aliphatic heterocycles.